The van der Waals surface area contributed by atoms with Crippen LogP contribution < -0.4 is 16.0 Å². The summed E-state index contributed by atoms with van der Waals surface area (Å²) in [6.45, 7) is 1.90. The van der Waals surface area contributed by atoms with Crippen LogP contribution in [0, 0.1) is 5.92 Å². The van der Waals surface area contributed by atoms with Crippen molar-refractivity contribution in [1.82, 2.24) is 16.0 Å². The van der Waals surface area contributed by atoms with Gasteiger partial charge in [-0.3, -0.25) is 4.79 Å². The summed E-state index contributed by atoms with van der Waals surface area (Å²) in [6, 6.07) is 1.34. The summed E-state index contributed by atoms with van der Waals surface area (Å²) in [5.74, 6) is 0.413. The summed E-state index contributed by atoms with van der Waals surface area (Å²) in [5.41, 5.74) is 0. The SMILES string of the molecule is O=C(NC1CCCCC1)C1CNC2CCNC21. The molecule has 3 fully saturated rings. The molecule has 0 bridgehead atoms. The lowest BCUT2D eigenvalue weighted by molar-refractivity contribution is -0.125. The van der Waals surface area contributed by atoms with E-state index < -0.39 is 0 Å². The minimum Gasteiger partial charge on any atom is -0.353 e. The van der Waals surface area contributed by atoms with Gasteiger partial charge in [-0.1, -0.05) is 19.3 Å². The molecule has 1 saturated carbocycles. The minimum absolute atomic E-state index is 0.143. The molecule has 3 unspecified atom stereocenters. The van der Waals surface area contributed by atoms with Crippen LogP contribution in [-0.2, 0) is 4.79 Å². The minimum atomic E-state index is 0.143. The van der Waals surface area contributed by atoms with Gasteiger partial charge in [-0.2, -0.15) is 0 Å². The monoisotopic (exact) mass is 237 g/mol. The Balaban J connectivity index is 1.55. The smallest absolute Gasteiger partial charge is 0.226 e. The molecular weight excluding hydrogens is 214 g/mol. The zero-order valence-corrected chi connectivity index (χ0v) is 10.4. The molecule has 17 heavy (non-hydrogen) atoms. The number of hydrogen-bond acceptors (Lipinski definition) is 3. The maximum Gasteiger partial charge on any atom is 0.226 e. The average molecular weight is 237 g/mol. The molecule has 3 rings (SSSR count). The number of hydrogen-bond donors (Lipinski definition) is 3. The molecule has 4 nitrogen and oxygen atoms in total. The lowest BCUT2D eigenvalue weighted by atomic mass is 9.93. The van der Waals surface area contributed by atoms with Crippen molar-refractivity contribution in [2.75, 3.05) is 13.1 Å². The summed E-state index contributed by atoms with van der Waals surface area (Å²) in [7, 11) is 0. The number of amides is 1. The van der Waals surface area contributed by atoms with E-state index in [1.54, 1.807) is 0 Å². The molecule has 0 aromatic rings. The average Bonchev–Trinajstić information content (AvgIpc) is 2.91. The van der Waals surface area contributed by atoms with E-state index in [1.165, 1.54) is 32.1 Å². The fraction of sp³-hybridized carbons (Fsp3) is 0.923. The van der Waals surface area contributed by atoms with Gasteiger partial charge in [0.1, 0.15) is 0 Å². The molecule has 96 valence electrons. The second kappa shape index (κ2) is 4.94. The Morgan fingerprint density at radius 2 is 1.88 bits per heavy atom. The van der Waals surface area contributed by atoms with Gasteiger partial charge in [0, 0.05) is 24.7 Å². The fourth-order valence-electron chi connectivity index (χ4n) is 3.60. The van der Waals surface area contributed by atoms with E-state index in [0.717, 1.165) is 19.5 Å². The van der Waals surface area contributed by atoms with Crippen LogP contribution in [0.25, 0.3) is 0 Å². The van der Waals surface area contributed by atoms with Gasteiger partial charge in [0.05, 0.1) is 5.92 Å². The number of carbonyl (C=O) groups excluding carboxylic acids is 1. The van der Waals surface area contributed by atoms with Crippen LogP contribution in [0.5, 0.6) is 0 Å². The van der Waals surface area contributed by atoms with Crippen LogP contribution >= 0.6 is 0 Å². The van der Waals surface area contributed by atoms with Crippen molar-refractivity contribution in [2.24, 2.45) is 5.92 Å². The quantitative estimate of drug-likeness (QED) is 0.651. The molecule has 3 N–H and O–H groups in total. The Kier molecular flexibility index (Phi) is 3.34. The first-order valence-electron chi connectivity index (χ1n) is 7.12. The Hall–Kier alpha value is -0.610. The van der Waals surface area contributed by atoms with Crippen LogP contribution in [-0.4, -0.2) is 37.1 Å². The van der Waals surface area contributed by atoms with Gasteiger partial charge in [-0.25, -0.2) is 0 Å². The van der Waals surface area contributed by atoms with E-state index in [9.17, 15) is 4.79 Å². The molecule has 3 atom stereocenters. The number of rotatable bonds is 2. The van der Waals surface area contributed by atoms with Crippen molar-refractivity contribution in [1.29, 1.82) is 0 Å². The van der Waals surface area contributed by atoms with Gasteiger partial charge < -0.3 is 16.0 Å². The standard InChI is InChI=1S/C13H23N3O/c17-13(16-9-4-2-1-3-5-9)10-8-15-11-6-7-14-12(10)11/h9-12,14-15H,1-8H2,(H,16,17). The Morgan fingerprint density at radius 3 is 2.71 bits per heavy atom. The fourth-order valence-corrected chi connectivity index (χ4v) is 3.60. The molecule has 3 aliphatic rings. The van der Waals surface area contributed by atoms with Crippen LogP contribution in [0.3, 0.4) is 0 Å². The highest BCUT2D eigenvalue weighted by Crippen LogP contribution is 2.23. The van der Waals surface area contributed by atoms with Crippen LogP contribution in [0.1, 0.15) is 38.5 Å². The van der Waals surface area contributed by atoms with Crippen molar-refractivity contribution < 1.29 is 4.79 Å². The molecule has 4 heteroatoms. The van der Waals surface area contributed by atoms with Crippen LogP contribution in [0.2, 0.25) is 0 Å². The number of carbonyl (C=O) groups is 1. The van der Waals surface area contributed by atoms with E-state index in [0.29, 0.717) is 18.1 Å². The maximum atomic E-state index is 12.3. The van der Waals surface area contributed by atoms with Gasteiger partial charge in [0.2, 0.25) is 5.91 Å². The largest absolute Gasteiger partial charge is 0.353 e. The molecular formula is C13H23N3O. The summed E-state index contributed by atoms with van der Waals surface area (Å²) in [6.07, 6.45) is 7.40. The predicted molar refractivity (Wildman–Crippen MR) is 66.7 cm³/mol. The summed E-state index contributed by atoms with van der Waals surface area (Å²) in [5, 5.41) is 10.2. The third kappa shape index (κ3) is 2.33. The molecule has 0 radical (unpaired) electrons. The predicted octanol–water partition coefficient (Wildman–Crippen LogP) is 0.385. The maximum absolute atomic E-state index is 12.3. The normalized spacial score (nSPS) is 38.0. The highest BCUT2D eigenvalue weighted by molar-refractivity contribution is 5.80. The van der Waals surface area contributed by atoms with Crippen molar-refractivity contribution in [2.45, 2.75) is 56.7 Å². The van der Waals surface area contributed by atoms with E-state index in [2.05, 4.69) is 16.0 Å². The lowest BCUT2D eigenvalue weighted by Crippen LogP contribution is -2.46. The van der Waals surface area contributed by atoms with Gasteiger partial charge in [0.25, 0.3) is 0 Å². The van der Waals surface area contributed by atoms with Gasteiger partial charge in [-0.15, -0.1) is 0 Å². The van der Waals surface area contributed by atoms with Gasteiger partial charge in [-0.05, 0) is 25.8 Å². The van der Waals surface area contributed by atoms with Crippen molar-refractivity contribution in [3.63, 3.8) is 0 Å². The summed E-state index contributed by atoms with van der Waals surface area (Å²) in [4.78, 5) is 12.3. The second-order valence-corrected chi connectivity index (χ2v) is 5.73. The van der Waals surface area contributed by atoms with E-state index in [-0.39, 0.29) is 11.8 Å². The third-order valence-corrected chi connectivity index (χ3v) is 4.59. The van der Waals surface area contributed by atoms with Crippen molar-refractivity contribution >= 4 is 5.91 Å². The summed E-state index contributed by atoms with van der Waals surface area (Å²) >= 11 is 0. The summed E-state index contributed by atoms with van der Waals surface area (Å²) < 4.78 is 0. The zero-order chi connectivity index (χ0) is 11.7. The van der Waals surface area contributed by atoms with Crippen LogP contribution in [0.15, 0.2) is 0 Å². The van der Waals surface area contributed by atoms with Gasteiger partial charge >= 0.3 is 0 Å². The molecule has 2 saturated heterocycles. The van der Waals surface area contributed by atoms with Crippen molar-refractivity contribution in [3.05, 3.63) is 0 Å². The first kappa shape index (κ1) is 11.5. The molecule has 1 aliphatic carbocycles. The lowest BCUT2D eigenvalue weighted by Gasteiger charge is -2.25. The molecule has 0 aromatic carbocycles. The van der Waals surface area contributed by atoms with E-state index >= 15 is 0 Å². The molecule has 0 aromatic heterocycles. The first-order valence-corrected chi connectivity index (χ1v) is 7.12. The topological polar surface area (TPSA) is 53.2 Å². The Morgan fingerprint density at radius 1 is 1.06 bits per heavy atom. The van der Waals surface area contributed by atoms with E-state index in [1.807, 2.05) is 0 Å². The van der Waals surface area contributed by atoms with Crippen molar-refractivity contribution in [3.8, 4) is 0 Å². The Labute approximate surface area is 103 Å². The number of fused-ring (bicyclic) bond motifs is 1. The molecule has 0 spiro atoms. The zero-order valence-electron chi connectivity index (χ0n) is 10.4. The van der Waals surface area contributed by atoms with Crippen LogP contribution in [0.4, 0.5) is 0 Å². The molecule has 2 heterocycles. The highest BCUT2D eigenvalue weighted by Gasteiger charge is 2.42. The second-order valence-electron chi connectivity index (χ2n) is 5.73. The third-order valence-electron chi connectivity index (χ3n) is 4.59. The molecule has 1 amide bonds. The van der Waals surface area contributed by atoms with E-state index in [4.69, 9.17) is 0 Å². The Bertz CT molecular complexity index is 288. The molecule has 2 aliphatic heterocycles. The number of nitrogens with one attached hydrogen (secondary N) is 3. The highest BCUT2D eigenvalue weighted by atomic mass is 16.2. The van der Waals surface area contributed by atoms with Gasteiger partial charge in [0.15, 0.2) is 0 Å². The first-order chi connectivity index (χ1) is 8.34.